The van der Waals surface area contributed by atoms with E-state index < -0.39 is 6.09 Å². The van der Waals surface area contributed by atoms with Crippen molar-refractivity contribution in [1.82, 2.24) is 5.32 Å². The highest BCUT2D eigenvalue weighted by atomic mass is 19.1. The zero-order valence-electron chi connectivity index (χ0n) is 11.5. The van der Waals surface area contributed by atoms with E-state index in [-0.39, 0.29) is 24.6 Å². The average Bonchev–Trinajstić information content (AvgIpc) is 2.89. The number of amides is 1. The van der Waals surface area contributed by atoms with E-state index >= 15 is 0 Å². The number of nitrogens with two attached hydrogens (primary N) is 1. The highest BCUT2D eigenvalue weighted by Gasteiger charge is 2.32. The van der Waals surface area contributed by atoms with E-state index in [1.54, 1.807) is 12.1 Å². The van der Waals surface area contributed by atoms with Crippen LogP contribution >= 0.6 is 0 Å². The Morgan fingerprint density at radius 1 is 1.48 bits per heavy atom. The SMILES string of the molecule is NC[C@@H]1CN(c2ccc(C3CNCCO3)c(F)c2)C(=O)O1. The molecule has 1 aromatic carbocycles. The molecule has 2 aliphatic rings. The number of hydrogen-bond donors (Lipinski definition) is 2. The summed E-state index contributed by atoms with van der Waals surface area (Å²) in [6.07, 6.45) is -1.13. The first-order chi connectivity index (χ1) is 10.2. The van der Waals surface area contributed by atoms with Crippen molar-refractivity contribution in [3.63, 3.8) is 0 Å². The molecule has 1 amide bonds. The van der Waals surface area contributed by atoms with Crippen molar-refractivity contribution in [1.29, 1.82) is 0 Å². The first-order valence-electron chi connectivity index (χ1n) is 6.99. The molecule has 2 fully saturated rings. The van der Waals surface area contributed by atoms with Crippen molar-refractivity contribution in [2.24, 2.45) is 5.73 Å². The summed E-state index contributed by atoms with van der Waals surface area (Å²) in [7, 11) is 0. The highest BCUT2D eigenvalue weighted by molar-refractivity contribution is 5.89. The molecule has 7 heteroatoms. The van der Waals surface area contributed by atoms with Gasteiger partial charge in [-0.05, 0) is 12.1 Å². The Morgan fingerprint density at radius 3 is 2.95 bits per heavy atom. The van der Waals surface area contributed by atoms with E-state index in [0.717, 1.165) is 6.54 Å². The monoisotopic (exact) mass is 295 g/mol. The first-order valence-corrected chi connectivity index (χ1v) is 6.99. The Kier molecular flexibility index (Phi) is 4.05. The minimum atomic E-state index is -0.492. The molecule has 0 saturated carbocycles. The molecule has 1 unspecified atom stereocenters. The van der Waals surface area contributed by atoms with Gasteiger partial charge in [0.15, 0.2) is 0 Å². The molecule has 114 valence electrons. The molecule has 6 nitrogen and oxygen atoms in total. The van der Waals surface area contributed by atoms with E-state index in [0.29, 0.717) is 30.9 Å². The van der Waals surface area contributed by atoms with Crippen LogP contribution in [0.5, 0.6) is 0 Å². The summed E-state index contributed by atoms with van der Waals surface area (Å²) in [6, 6.07) is 4.70. The molecule has 21 heavy (non-hydrogen) atoms. The lowest BCUT2D eigenvalue weighted by Gasteiger charge is -2.25. The van der Waals surface area contributed by atoms with Gasteiger partial charge in [-0.1, -0.05) is 6.07 Å². The summed E-state index contributed by atoms with van der Waals surface area (Å²) in [6.45, 7) is 2.51. The Morgan fingerprint density at radius 2 is 2.33 bits per heavy atom. The highest BCUT2D eigenvalue weighted by Crippen LogP contribution is 2.28. The third kappa shape index (κ3) is 2.85. The Labute approximate surface area is 122 Å². The zero-order valence-corrected chi connectivity index (χ0v) is 11.5. The van der Waals surface area contributed by atoms with Crippen LogP contribution in [0.3, 0.4) is 0 Å². The van der Waals surface area contributed by atoms with Crippen molar-refractivity contribution in [2.75, 3.05) is 37.7 Å². The number of cyclic esters (lactones) is 1. The number of nitrogens with one attached hydrogen (secondary N) is 1. The average molecular weight is 295 g/mol. The van der Waals surface area contributed by atoms with E-state index in [2.05, 4.69) is 5.32 Å². The van der Waals surface area contributed by atoms with Crippen LogP contribution in [0.15, 0.2) is 18.2 Å². The molecular formula is C14H18FN3O3. The van der Waals surface area contributed by atoms with Gasteiger partial charge in [0, 0.05) is 25.2 Å². The number of carbonyl (C=O) groups excluding carboxylic acids is 1. The number of benzene rings is 1. The lowest BCUT2D eigenvalue weighted by Crippen LogP contribution is -2.34. The maximum Gasteiger partial charge on any atom is 0.414 e. The summed E-state index contributed by atoms with van der Waals surface area (Å²) in [5.74, 6) is -0.384. The lowest BCUT2D eigenvalue weighted by atomic mass is 10.1. The number of ether oxygens (including phenoxy) is 2. The minimum Gasteiger partial charge on any atom is -0.443 e. The largest absolute Gasteiger partial charge is 0.443 e. The molecule has 0 aliphatic carbocycles. The molecule has 0 aromatic heterocycles. The van der Waals surface area contributed by atoms with Gasteiger partial charge in [-0.2, -0.15) is 0 Å². The predicted molar refractivity (Wildman–Crippen MR) is 74.6 cm³/mol. The topological polar surface area (TPSA) is 76.8 Å². The number of anilines is 1. The summed E-state index contributed by atoms with van der Waals surface area (Å²) in [5, 5.41) is 3.16. The molecule has 3 rings (SSSR count). The molecule has 3 N–H and O–H groups in total. The molecule has 0 bridgehead atoms. The second-order valence-electron chi connectivity index (χ2n) is 5.12. The van der Waals surface area contributed by atoms with Gasteiger partial charge in [0.2, 0.25) is 0 Å². The summed E-state index contributed by atoms with van der Waals surface area (Å²) in [5.41, 5.74) is 6.45. The van der Waals surface area contributed by atoms with Crippen LogP contribution in [0.25, 0.3) is 0 Å². The molecule has 2 heterocycles. The fourth-order valence-electron chi connectivity index (χ4n) is 2.57. The molecule has 0 radical (unpaired) electrons. The first kappa shape index (κ1) is 14.2. The van der Waals surface area contributed by atoms with Gasteiger partial charge in [-0.25, -0.2) is 9.18 Å². The number of rotatable bonds is 3. The van der Waals surface area contributed by atoms with Gasteiger partial charge >= 0.3 is 6.09 Å². The van der Waals surface area contributed by atoms with E-state index in [1.807, 2.05) is 0 Å². The number of hydrogen-bond acceptors (Lipinski definition) is 5. The van der Waals surface area contributed by atoms with Gasteiger partial charge in [0.25, 0.3) is 0 Å². The second kappa shape index (κ2) is 5.97. The van der Waals surface area contributed by atoms with Gasteiger partial charge in [0.05, 0.1) is 24.9 Å². The summed E-state index contributed by atoms with van der Waals surface area (Å²) >= 11 is 0. The second-order valence-corrected chi connectivity index (χ2v) is 5.12. The fourth-order valence-corrected chi connectivity index (χ4v) is 2.57. The van der Waals surface area contributed by atoms with Crippen LogP contribution in [-0.2, 0) is 9.47 Å². The fraction of sp³-hybridized carbons (Fsp3) is 0.500. The molecular weight excluding hydrogens is 277 g/mol. The Bertz CT molecular complexity index is 534. The number of morpholine rings is 1. The number of halogens is 1. The minimum absolute atomic E-state index is 0.254. The van der Waals surface area contributed by atoms with Crippen LogP contribution in [0.4, 0.5) is 14.9 Å². The van der Waals surface area contributed by atoms with Gasteiger partial charge in [0.1, 0.15) is 11.9 Å². The van der Waals surface area contributed by atoms with Crippen LogP contribution in [0.1, 0.15) is 11.7 Å². The number of carbonyl (C=O) groups is 1. The van der Waals surface area contributed by atoms with E-state index in [1.165, 1.54) is 11.0 Å². The quantitative estimate of drug-likeness (QED) is 0.861. The molecule has 1 aromatic rings. The van der Waals surface area contributed by atoms with Crippen molar-refractivity contribution in [3.05, 3.63) is 29.6 Å². The maximum atomic E-state index is 14.3. The third-order valence-electron chi connectivity index (χ3n) is 3.71. The number of nitrogens with zero attached hydrogens (tertiary/aromatic N) is 1. The van der Waals surface area contributed by atoms with Crippen LogP contribution in [0, 0.1) is 5.82 Å². The smallest absolute Gasteiger partial charge is 0.414 e. The third-order valence-corrected chi connectivity index (χ3v) is 3.71. The molecule has 0 spiro atoms. The van der Waals surface area contributed by atoms with Gasteiger partial charge in [-0.15, -0.1) is 0 Å². The molecule has 2 atom stereocenters. The van der Waals surface area contributed by atoms with Crippen molar-refractivity contribution in [3.8, 4) is 0 Å². The van der Waals surface area contributed by atoms with Crippen LogP contribution < -0.4 is 16.0 Å². The van der Waals surface area contributed by atoms with Gasteiger partial charge < -0.3 is 20.5 Å². The Balaban J connectivity index is 1.79. The van der Waals surface area contributed by atoms with Gasteiger partial charge in [-0.3, -0.25) is 4.90 Å². The Hall–Kier alpha value is -1.70. The molecule has 2 aliphatic heterocycles. The van der Waals surface area contributed by atoms with E-state index in [4.69, 9.17) is 15.2 Å². The summed E-state index contributed by atoms with van der Waals surface area (Å²) < 4.78 is 24.9. The van der Waals surface area contributed by atoms with Crippen molar-refractivity contribution >= 4 is 11.8 Å². The molecule has 2 saturated heterocycles. The van der Waals surface area contributed by atoms with Crippen molar-refractivity contribution in [2.45, 2.75) is 12.2 Å². The summed E-state index contributed by atoms with van der Waals surface area (Å²) in [4.78, 5) is 13.1. The van der Waals surface area contributed by atoms with Crippen LogP contribution in [0.2, 0.25) is 0 Å². The van der Waals surface area contributed by atoms with Crippen molar-refractivity contribution < 1.29 is 18.7 Å². The maximum absolute atomic E-state index is 14.3. The zero-order chi connectivity index (χ0) is 14.8. The standard InChI is InChI=1S/C14H18FN3O3/c15-12-5-9(18-8-10(6-16)21-14(18)19)1-2-11(12)13-7-17-3-4-20-13/h1-2,5,10,13,17H,3-4,6-8,16H2/t10-,13?/m1/s1. The predicted octanol–water partition coefficient (Wildman–Crippen LogP) is 0.770. The van der Waals surface area contributed by atoms with E-state index in [9.17, 15) is 9.18 Å². The van der Waals surface area contributed by atoms with Crippen LogP contribution in [-0.4, -0.2) is 45.0 Å². The lowest BCUT2D eigenvalue weighted by molar-refractivity contribution is 0.0255. The normalized spacial score (nSPS) is 26.0.